The molecule has 0 amide bonds. The average Bonchev–Trinajstić information content (AvgIpc) is 2.02. The predicted molar refractivity (Wildman–Crippen MR) is 46.8 cm³/mol. The molecule has 0 aromatic rings. The van der Waals surface area contributed by atoms with E-state index in [1.165, 1.54) is 6.66 Å². The predicted octanol–water partition coefficient (Wildman–Crippen LogP) is 0.753. The van der Waals surface area contributed by atoms with Crippen LogP contribution in [0.2, 0.25) is 0 Å². The summed E-state index contributed by atoms with van der Waals surface area (Å²) < 4.78 is 19.3. The van der Waals surface area contributed by atoms with Crippen molar-refractivity contribution in [2.75, 3.05) is 13.3 Å². The number of rotatable bonds is 5. The van der Waals surface area contributed by atoms with Crippen LogP contribution < -0.4 is 0 Å². The van der Waals surface area contributed by atoms with Crippen molar-refractivity contribution in [2.24, 2.45) is 0 Å². The molecule has 0 aliphatic heterocycles. The van der Waals surface area contributed by atoms with Crippen LogP contribution in [-0.2, 0) is 23.4 Å². The van der Waals surface area contributed by atoms with Crippen LogP contribution in [0.25, 0.3) is 0 Å². The Morgan fingerprint density at radius 2 is 2.15 bits per heavy atom. The zero-order valence-electron chi connectivity index (χ0n) is 7.24. The summed E-state index contributed by atoms with van der Waals surface area (Å²) in [5.74, 6) is -1.24. The van der Waals surface area contributed by atoms with E-state index in [2.05, 4.69) is 15.8 Å². The number of ether oxygens (including phenoxy) is 1. The van der Waals surface area contributed by atoms with E-state index in [-0.39, 0.29) is 13.0 Å². The lowest BCUT2D eigenvalue weighted by Crippen LogP contribution is -2.07. The summed E-state index contributed by atoms with van der Waals surface area (Å²) in [4.78, 5) is 21.2. The van der Waals surface area contributed by atoms with Gasteiger partial charge in [0.15, 0.2) is 0 Å². The van der Waals surface area contributed by atoms with Gasteiger partial charge in [0, 0.05) is 12.7 Å². The fraction of sp³-hybridized carbons (Fsp3) is 0.429. The topological polar surface area (TPSA) is 69.7 Å². The lowest BCUT2D eigenvalue weighted by atomic mass is 10.5. The van der Waals surface area contributed by atoms with Gasteiger partial charge in [-0.25, -0.2) is 4.79 Å². The van der Waals surface area contributed by atoms with Crippen LogP contribution in [0.4, 0.5) is 0 Å². The normalized spacial score (nSPS) is 11.5. The van der Waals surface area contributed by atoms with Crippen LogP contribution in [-0.4, -0.2) is 25.2 Å². The van der Waals surface area contributed by atoms with Gasteiger partial charge < -0.3 is 9.26 Å². The van der Waals surface area contributed by atoms with Gasteiger partial charge in [0.1, 0.15) is 6.61 Å². The first-order chi connectivity index (χ1) is 6.06. The first kappa shape index (κ1) is 11.9. The van der Waals surface area contributed by atoms with Gasteiger partial charge in [-0.05, 0) is 0 Å². The smallest absolute Gasteiger partial charge is 0.330 e. The molecule has 0 heterocycles. The second-order valence-electron chi connectivity index (χ2n) is 2.09. The number of esters is 1. The minimum absolute atomic E-state index is 0.0845. The highest BCUT2D eigenvalue weighted by molar-refractivity contribution is 7.38. The molecule has 0 fully saturated rings. The van der Waals surface area contributed by atoms with Crippen molar-refractivity contribution in [3.8, 4) is 0 Å². The molecule has 0 aliphatic rings. The fourth-order valence-electron chi connectivity index (χ4n) is 0.505. The molecule has 0 aromatic carbocycles. The monoisotopic (exact) mass is 206 g/mol. The number of carbonyl (C=O) groups is 2. The zero-order valence-corrected chi connectivity index (χ0v) is 8.24. The lowest BCUT2D eigenvalue weighted by Gasteiger charge is -2.01. The summed E-state index contributed by atoms with van der Waals surface area (Å²) in [5, 5.41) is 0. The van der Waals surface area contributed by atoms with Gasteiger partial charge >= 0.3 is 11.9 Å². The molecule has 0 bridgehead atoms. The molecule has 6 heteroatoms. The Balaban J connectivity index is 3.53. The van der Waals surface area contributed by atoms with E-state index >= 15 is 0 Å². The molecule has 0 N–H and O–H groups in total. The van der Waals surface area contributed by atoms with Gasteiger partial charge in [-0.3, -0.25) is 9.36 Å². The van der Waals surface area contributed by atoms with Crippen molar-refractivity contribution in [3.05, 3.63) is 12.7 Å². The molecule has 5 nitrogen and oxygen atoms in total. The van der Waals surface area contributed by atoms with E-state index in [4.69, 9.17) is 0 Å². The summed E-state index contributed by atoms with van der Waals surface area (Å²) in [5.41, 5.74) is 0. The van der Waals surface area contributed by atoms with Crippen molar-refractivity contribution in [1.29, 1.82) is 0 Å². The maximum Gasteiger partial charge on any atom is 0.330 e. The standard InChI is InChI=1S/C7H11O5P/c1-3-6(8)11-5-4-7(9)12-13(2)10/h3,13H,1,4-5H2,2H3. The summed E-state index contributed by atoms with van der Waals surface area (Å²) in [6.07, 6.45) is 0.901. The Labute approximate surface area is 76.6 Å². The average molecular weight is 206 g/mol. The third-order valence-corrected chi connectivity index (χ3v) is 1.49. The lowest BCUT2D eigenvalue weighted by molar-refractivity contribution is -0.141. The molecular formula is C7H11O5P. The highest BCUT2D eigenvalue weighted by atomic mass is 31.1. The summed E-state index contributed by atoms with van der Waals surface area (Å²) in [6, 6.07) is 0. The summed E-state index contributed by atoms with van der Waals surface area (Å²) >= 11 is 0. The third-order valence-electron chi connectivity index (χ3n) is 0.975. The molecule has 0 aliphatic carbocycles. The van der Waals surface area contributed by atoms with Gasteiger partial charge in [-0.15, -0.1) is 0 Å². The minimum atomic E-state index is -2.25. The van der Waals surface area contributed by atoms with E-state index in [1.807, 2.05) is 0 Å². The number of hydrogen-bond donors (Lipinski definition) is 0. The Hall–Kier alpha value is -1.09. The van der Waals surface area contributed by atoms with Crippen molar-refractivity contribution < 1.29 is 23.4 Å². The SMILES string of the molecule is C=CC(=O)OCCC(=O)O[PH](C)=O. The zero-order chi connectivity index (χ0) is 10.3. The van der Waals surface area contributed by atoms with E-state index in [0.717, 1.165) is 6.08 Å². The largest absolute Gasteiger partial charge is 0.462 e. The molecule has 0 saturated heterocycles. The molecule has 1 atom stereocenters. The first-order valence-electron chi connectivity index (χ1n) is 3.56. The molecule has 13 heavy (non-hydrogen) atoms. The summed E-state index contributed by atoms with van der Waals surface area (Å²) in [6.45, 7) is 4.39. The quantitative estimate of drug-likeness (QED) is 0.377. The Morgan fingerprint density at radius 3 is 2.62 bits per heavy atom. The van der Waals surface area contributed by atoms with Gasteiger partial charge in [-0.2, -0.15) is 0 Å². The molecule has 0 radical (unpaired) electrons. The van der Waals surface area contributed by atoms with Crippen LogP contribution in [0.5, 0.6) is 0 Å². The van der Waals surface area contributed by atoms with E-state index < -0.39 is 20.0 Å². The van der Waals surface area contributed by atoms with Crippen molar-refractivity contribution in [3.63, 3.8) is 0 Å². The molecule has 0 rings (SSSR count). The minimum Gasteiger partial charge on any atom is -0.462 e. The van der Waals surface area contributed by atoms with E-state index in [1.54, 1.807) is 0 Å². The van der Waals surface area contributed by atoms with Crippen LogP contribution in [0.3, 0.4) is 0 Å². The number of carbonyl (C=O) groups excluding carboxylic acids is 2. The molecule has 0 aromatic heterocycles. The van der Waals surface area contributed by atoms with Crippen molar-refractivity contribution in [1.82, 2.24) is 0 Å². The third kappa shape index (κ3) is 7.28. The van der Waals surface area contributed by atoms with E-state index in [0.29, 0.717) is 0 Å². The Kier molecular flexibility index (Phi) is 5.89. The maximum atomic E-state index is 10.7. The van der Waals surface area contributed by atoms with Gasteiger partial charge in [0.2, 0.25) is 8.03 Å². The van der Waals surface area contributed by atoms with Crippen LogP contribution >= 0.6 is 8.03 Å². The highest BCUT2D eigenvalue weighted by Gasteiger charge is 2.05. The van der Waals surface area contributed by atoms with Crippen molar-refractivity contribution in [2.45, 2.75) is 6.42 Å². The Bertz CT molecular complexity index is 235. The molecule has 1 unspecified atom stereocenters. The number of hydrogen-bond acceptors (Lipinski definition) is 5. The molecule has 0 spiro atoms. The van der Waals surface area contributed by atoms with Crippen LogP contribution in [0.1, 0.15) is 6.42 Å². The second kappa shape index (κ2) is 6.43. The first-order valence-corrected chi connectivity index (χ1v) is 5.38. The van der Waals surface area contributed by atoms with E-state index in [9.17, 15) is 14.2 Å². The Morgan fingerprint density at radius 1 is 1.54 bits per heavy atom. The van der Waals surface area contributed by atoms with Gasteiger partial charge in [0.05, 0.1) is 6.42 Å². The maximum absolute atomic E-state index is 10.7. The molecule has 74 valence electrons. The molecule has 0 saturated carbocycles. The summed E-state index contributed by atoms with van der Waals surface area (Å²) in [7, 11) is -2.25. The van der Waals surface area contributed by atoms with Crippen LogP contribution in [0, 0.1) is 0 Å². The van der Waals surface area contributed by atoms with Crippen molar-refractivity contribution >= 4 is 20.0 Å². The van der Waals surface area contributed by atoms with Gasteiger partial charge in [0.25, 0.3) is 0 Å². The molecular weight excluding hydrogens is 195 g/mol. The highest BCUT2D eigenvalue weighted by Crippen LogP contribution is 2.15. The van der Waals surface area contributed by atoms with Crippen LogP contribution in [0.15, 0.2) is 12.7 Å². The van der Waals surface area contributed by atoms with Gasteiger partial charge in [-0.1, -0.05) is 6.58 Å². The fourth-order valence-corrected chi connectivity index (χ4v) is 0.928. The second-order valence-corrected chi connectivity index (χ2v) is 3.27.